The highest BCUT2D eigenvalue weighted by molar-refractivity contribution is 5.22. The smallest absolute Gasteiger partial charge is 0.287 e. The second kappa shape index (κ2) is 5.57. The molecule has 102 valence electrons. The van der Waals surface area contributed by atoms with E-state index in [-0.39, 0.29) is 11.1 Å². The molecule has 1 aromatic carbocycles. The van der Waals surface area contributed by atoms with E-state index in [9.17, 15) is 26.3 Å². The summed E-state index contributed by atoms with van der Waals surface area (Å²) in [5, 5.41) is 0. The van der Waals surface area contributed by atoms with E-state index < -0.39 is 25.9 Å². The Morgan fingerprint density at radius 1 is 0.778 bits per heavy atom. The number of ether oxygens (including phenoxy) is 2. The predicted molar refractivity (Wildman–Crippen MR) is 48.1 cm³/mol. The summed E-state index contributed by atoms with van der Waals surface area (Å²) < 4.78 is 77.6. The van der Waals surface area contributed by atoms with Gasteiger partial charge in [-0.25, -0.2) is 0 Å². The van der Waals surface area contributed by atoms with Crippen molar-refractivity contribution in [3.05, 3.63) is 35.4 Å². The quantitative estimate of drug-likeness (QED) is 0.778. The number of benzene rings is 1. The molecule has 0 bridgehead atoms. The van der Waals surface area contributed by atoms with Crippen molar-refractivity contribution in [1.82, 2.24) is 0 Å². The van der Waals surface area contributed by atoms with Crippen LogP contribution >= 0.6 is 0 Å². The Kier molecular flexibility index (Phi) is 4.58. The second-order valence-corrected chi connectivity index (χ2v) is 3.29. The molecule has 0 heterocycles. The minimum Gasteiger partial charge on any atom is -0.287 e. The standard InChI is InChI=1S/C10H8F6O2/c11-9(12,13)17-5-7-2-1-3-8(4-7)6-18-10(14,15)16/h1-4H,5-6H2. The van der Waals surface area contributed by atoms with Crippen LogP contribution in [0.25, 0.3) is 0 Å². The summed E-state index contributed by atoms with van der Waals surface area (Å²) in [6, 6.07) is 5.09. The number of hydrogen-bond donors (Lipinski definition) is 0. The summed E-state index contributed by atoms with van der Waals surface area (Å²) in [5.41, 5.74) is 0.214. The summed E-state index contributed by atoms with van der Waals surface area (Å²) >= 11 is 0. The Labute approximate surface area is 98.1 Å². The van der Waals surface area contributed by atoms with Gasteiger partial charge in [0.15, 0.2) is 0 Å². The molecule has 0 radical (unpaired) electrons. The largest absolute Gasteiger partial charge is 0.522 e. The molecule has 0 spiro atoms. The SMILES string of the molecule is FC(F)(F)OCc1cccc(COC(F)(F)F)c1. The maximum Gasteiger partial charge on any atom is 0.522 e. The third-order valence-corrected chi connectivity index (χ3v) is 1.80. The van der Waals surface area contributed by atoms with E-state index in [4.69, 9.17) is 0 Å². The monoisotopic (exact) mass is 274 g/mol. The molecule has 2 nitrogen and oxygen atoms in total. The van der Waals surface area contributed by atoms with Crippen molar-refractivity contribution in [3.63, 3.8) is 0 Å². The van der Waals surface area contributed by atoms with Gasteiger partial charge < -0.3 is 0 Å². The predicted octanol–water partition coefficient (Wildman–Crippen LogP) is 3.76. The summed E-state index contributed by atoms with van der Waals surface area (Å²) in [6.45, 7) is -1.52. The van der Waals surface area contributed by atoms with E-state index in [2.05, 4.69) is 9.47 Å². The molecule has 0 aliphatic heterocycles. The van der Waals surface area contributed by atoms with Gasteiger partial charge in [-0.1, -0.05) is 24.3 Å². The lowest BCUT2D eigenvalue weighted by Crippen LogP contribution is -2.14. The first-order valence-electron chi connectivity index (χ1n) is 4.65. The first-order chi connectivity index (χ1) is 8.16. The van der Waals surface area contributed by atoms with Gasteiger partial charge >= 0.3 is 12.7 Å². The number of rotatable bonds is 4. The van der Waals surface area contributed by atoms with Crippen LogP contribution in [0.1, 0.15) is 11.1 Å². The molecule has 8 heteroatoms. The second-order valence-electron chi connectivity index (χ2n) is 3.29. The van der Waals surface area contributed by atoms with Gasteiger partial charge in [-0.2, -0.15) is 0 Å². The molecule has 0 aliphatic rings. The fraction of sp³-hybridized carbons (Fsp3) is 0.400. The van der Waals surface area contributed by atoms with Gasteiger partial charge in [-0.15, -0.1) is 26.3 Å². The van der Waals surface area contributed by atoms with Gasteiger partial charge in [0.2, 0.25) is 0 Å². The van der Waals surface area contributed by atoms with Crippen molar-refractivity contribution in [2.75, 3.05) is 0 Å². The molecular formula is C10H8F6O2. The molecule has 0 aliphatic carbocycles. The Hall–Kier alpha value is -1.28. The van der Waals surface area contributed by atoms with E-state index in [1.165, 1.54) is 18.2 Å². The molecule has 0 fully saturated rings. The zero-order chi connectivity index (χ0) is 13.8. The molecule has 0 amide bonds. The first kappa shape index (κ1) is 14.8. The third kappa shape index (κ3) is 6.45. The Morgan fingerprint density at radius 2 is 1.17 bits per heavy atom. The van der Waals surface area contributed by atoms with Crippen LogP contribution in [0.5, 0.6) is 0 Å². The lowest BCUT2D eigenvalue weighted by atomic mass is 10.1. The van der Waals surface area contributed by atoms with Crippen LogP contribution in [0.3, 0.4) is 0 Å². The fourth-order valence-corrected chi connectivity index (χ4v) is 1.14. The molecule has 18 heavy (non-hydrogen) atoms. The van der Waals surface area contributed by atoms with Crippen LogP contribution in [-0.4, -0.2) is 12.7 Å². The average Bonchev–Trinajstić information content (AvgIpc) is 2.22. The minimum atomic E-state index is -4.78. The van der Waals surface area contributed by atoms with Crippen LogP contribution < -0.4 is 0 Å². The highest BCUT2D eigenvalue weighted by atomic mass is 19.4. The maximum atomic E-state index is 11.8. The topological polar surface area (TPSA) is 18.5 Å². The zero-order valence-corrected chi connectivity index (χ0v) is 8.81. The normalized spacial score (nSPS) is 12.8. The highest BCUT2D eigenvalue weighted by Gasteiger charge is 2.30. The minimum absolute atomic E-state index is 0.107. The van der Waals surface area contributed by atoms with E-state index in [0.717, 1.165) is 6.07 Å². The van der Waals surface area contributed by atoms with Gasteiger partial charge in [-0.05, 0) is 11.1 Å². The van der Waals surface area contributed by atoms with Crippen molar-refractivity contribution in [3.8, 4) is 0 Å². The van der Waals surface area contributed by atoms with Crippen LogP contribution in [0, 0.1) is 0 Å². The number of hydrogen-bond acceptors (Lipinski definition) is 2. The molecule has 0 saturated heterocycles. The van der Waals surface area contributed by atoms with Gasteiger partial charge in [0.05, 0.1) is 13.2 Å². The van der Waals surface area contributed by atoms with E-state index >= 15 is 0 Å². The van der Waals surface area contributed by atoms with Crippen LogP contribution in [0.4, 0.5) is 26.3 Å². The van der Waals surface area contributed by atoms with Crippen molar-refractivity contribution in [2.45, 2.75) is 25.9 Å². The molecule has 1 aromatic rings. The molecule has 0 atom stereocenters. The van der Waals surface area contributed by atoms with E-state index in [1.807, 2.05) is 0 Å². The van der Waals surface area contributed by atoms with Gasteiger partial charge in [0, 0.05) is 0 Å². The van der Waals surface area contributed by atoms with Crippen LogP contribution in [-0.2, 0) is 22.7 Å². The highest BCUT2D eigenvalue weighted by Crippen LogP contribution is 2.21. The Morgan fingerprint density at radius 3 is 1.50 bits per heavy atom. The zero-order valence-electron chi connectivity index (χ0n) is 8.81. The third-order valence-electron chi connectivity index (χ3n) is 1.80. The van der Waals surface area contributed by atoms with E-state index in [1.54, 1.807) is 0 Å². The fourth-order valence-electron chi connectivity index (χ4n) is 1.14. The lowest BCUT2D eigenvalue weighted by molar-refractivity contribution is -0.330. The van der Waals surface area contributed by atoms with Crippen molar-refractivity contribution in [2.24, 2.45) is 0 Å². The maximum absolute atomic E-state index is 11.8. The van der Waals surface area contributed by atoms with Crippen molar-refractivity contribution in [1.29, 1.82) is 0 Å². The van der Waals surface area contributed by atoms with Crippen molar-refractivity contribution >= 4 is 0 Å². The molecule has 0 unspecified atom stereocenters. The lowest BCUT2D eigenvalue weighted by Gasteiger charge is -2.10. The Balaban J connectivity index is 2.57. The van der Waals surface area contributed by atoms with Crippen LogP contribution in [0.2, 0.25) is 0 Å². The Bertz CT molecular complexity index is 351. The van der Waals surface area contributed by atoms with Crippen LogP contribution in [0.15, 0.2) is 24.3 Å². The number of alkyl halides is 6. The van der Waals surface area contributed by atoms with Gasteiger partial charge in [-0.3, -0.25) is 9.47 Å². The summed E-state index contributed by atoms with van der Waals surface area (Å²) in [5.74, 6) is 0. The number of halogens is 6. The first-order valence-corrected chi connectivity index (χ1v) is 4.65. The van der Waals surface area contributed by atoms with Crippen molar-refractivity contribution < 1.29 is 35.8 Å². The molecular weight excluding hydrogens is 266 g/mol. The van der Waals surface area contributed by atoms with E-state index in [0.29, 0.717) is 0 Å². The van der Waals surface area contributed by atoms with Gasteiger partial charge in [0.25, 0.3) is 0 Å². The van der Waals surface area contributed by atoms with Gasteiger partial charge in [0.1, 0.15) is 0 Å². The summed E-state index contributed by atoms with van der Waals surface area (Å²) in [4.78, 5) is 0. The summed E-state index contributed by atoms with van der Waals surface area (Å²) in [6.07, 6.45) is -9.56. The molecule has 0 N–H and O–H groups in total. The molecule has 1 rings (SSSR count). The molecule has 0 aromatic heterocycles. The average molecular weight is 274 g/mol. The summed E-state index contributed by atoms with van der Waals surface area (Å²) in [7, 11) is 0. The molecule has 0 saturated carbocycles.